The SMILES string of the molecule is CC(C)(C)OC(=O)C1NCC[C@@H]1COc1ccc(Cc2cccc([SH]3C=CC=C3)c2)cc1. The van der Waals surface area contributed by atoms with Crippen molar-refractivity contribution in [1.82, 2.24) is 5.32 Å². The molecule has 170 valence electrons. The Morgan fingerprint density at radius 3 is 2.53 bits per heavy atom. The predicted octanol–water partition coefficient (Wildman–Crippen LogP) is 5.38. The maximum absolute atomic E-state index is 12.5. The van der Waals surface area contributed by atoms with Gasteiger partial charge in [-0.1, -0.05) is 36.4 Å². The normalized spacial score (nSPS) is 21.2. The molecule has 2 aliphatic rings. The van der Waals surface area contributed by atoms with E-state index in [-0.39, 0.29) is 28.8 Å². The number of benzene rings is 2. The fourth-order valence-electron chi connectivity index (χ4n) is 4.05. The number of ether oxygens (including phenoxy) is 2. The van der Waals surface area contributed by atoms with Crippen LogP contribution in [0.5, 0.6) is 5.75 Å². The van der Waals surface area contributed by atoms with Gasteiger partial charge in [-0.2, -0.15) is 10.9 Å². The monoisotopic (exact) mass is 451 g/mol. The Bertz CT molecular complexity index is 979. The van der Waals surface area contributed by atoms with Gasteiger partial charge in [-0.05, 0) is 91.3 Å². The molecular weight excluding hydrogens is 418 g/mol. The van der Waals surface area contributed by atoms with E-state index in [2.05, 4.69) is 64.7 Å². The Balaban J connectivity index is 1.31. The van der Waals surface area contributed by atoms with Crippen LogP contribution in [0.3, 0.4) is 0 Å². The molecule has 0 radical (unpaired) electrons. The third-order valence-corrected chi connectivity index (χ3v) is 7.48. The quantitative estimate of drug-likeness (QED) is 0.438. The van der Waals surface area contributed by atoms with Crippen molar-refractivity contribution in [3.05, 3.63) is 82.6 Å². The van der Waals surface area contributed by atoms with Crippen molar-refractivity contribution in [2.24, 2.45) is 5.92 Å². The molecule has 0 saturated carbocycles. The van der Waals surface area contributed by atoms with Crippen LogP contribution in [0, 0.1) is 5.92 Å². The number of hydrogen-bond acceptors (Lipinski definition) is 4. The maximum Gasteiger partial charge on any atom is 0.324 e. The van der Waals surface area contributed by atoms with Gasteiger partial charge in [0.05, 0.1) is 6.61 Å². The molecule has 0 bridgehead atoms. The van der Waals surface area contributed by atoms with Gasteiger partial charge in [-0.3, -0.25) is 4.79 Å². The van der Waals surface area contributed by atoms with Gasteiger partial charge in [0.2, 0.25) is 0 Å². The van der Waals surface area contributed by atoms with Crippen LogP contribution in [0.25, 0.3) is 0 Å². The highest BCUT2D eigenvalue weighted by Crippen LogP contribution is 2.42. The summed E-state index contributed by atoms with van der Waals surface area (Å²) in [6.45, 7) is 7.00. The van der Waals surface area contributed by atoms with E-state index in [1.54, 1.807) is 0 Å². The Labute approximate surface area is 194 Å². The van der Waals surface area contributed by atoms with E-state index in [4.69, 9.17) is 9.47 Å². The number of carbonyl (C=O) groups excluding carboxylic acids is 1. The number of esters is 1. The minimum absolute atomic E-state index is 0.118. The largest absolute Gasteiger partial charge is 0.493 e. The van der Waals surface area contributed by atoms with Crippen molar-refractivity contribution in [1.29, 1.82) is 0 Å². The predicted molar refractivity (Wildman–Crippen MR) is 132 cm³/mol. The van der Waals surface area contributed by atoms with E-state index in [0.29, 0.717) is 6.61 Å². The third-order valence-electron chi connectivity index (χ3n) is 5.62. The molecule has 1 saturated heterocycles. The summed E-state index contributed by atoms with van der Waals surface area (Å²) in [5.41, 5.74) is 2.10. The molecule has 5 heteroatoms. The van der Waals surface area contributed by atoms with Crippen molar-refractivity contribution in [2.45, 2.75) is 50.2 Å². The van der Waals surface area contributed by atoms with Crippen LogP contribution < -0.4 is 10.1 Å². The summed E-state index contributed by atoms with van der Waals surface area (Å²) in [5.74, 6) is 0.765. The summed E-state index contributed by atoms with van der Waals surface area (Å²) >= 11 is 0. The van der Waals surface area contributed by atoms with Gasteiger partial charge in [0.25, 0.3) is 0 Å². The van der Waals surface area contributed by atoms with Crippen LogP contribution in [0.4, 0.5) is 0 Å². The fourth-order valence-corrected chi connectivity index (χ4v) is 5.64. The molecule has 1 N–H and O–H groups in total. The molecule has 0 spiro atoms. The van der Waals surface area contributed by atoms with Gasteiger partial charge in [0.1, 0.15) is 17.4 Å². The van der Waals surface area contributed by atoms with E-state index >= 15 is 0 Å². The Morgan fingerprint density at radius 1 is 1.06 bits per heavy atom. The zero-order chi connectivity index (χ0) is 22.6. The second kappa shape index (κ2) is 9.97. The van der Waals surface area contributed by atoms with Gasteiger partial charge in [-0.15, -0.1) is 0 Å². The minimum Gasteiger partial charge on any atom is -0.493 e. The number of rotatable bonds is 7. The summed E-state index contributed by atoms with van der Waals surface area (Å²) in [5, 5.41) is 7.84. The highest BCUT2D eigenvalue weighted by Gasteiger charge is 2.36. The Morgan fingerprint density at radius 2 is 1.81 bits per heavy atom. The molecule has 2 aliphatic heterocycles. The van der Waals surface area contributed by atoms with Crippen LogP contribution in [0.2, 0.25) is 0 Å². The maximum atomic E-state index is 12.5. The van der Waals surface area contributed by atoms with Gasteiger partial charge in [0, 0.05) is 5.92 Å². The second-order valence-electron chi connectivity index (χ2n) is 9.41. The zero-order valence-electron chi connectivity index (χ0n) is 19.1. The van der Waals surface area contributed by atoms with Crippen LogP contribution in [-0.2, 0) is 16.0 Å². The van der Waals surface area contributed by atoms with E-state index < -0.39 is 5.60 Å². The van der Waals surface area contributed by atoms with Crippen molar-refractivity contribution in [2.75, 3.05) is 13.2 Å². The zero-order valence-corrected chi connectivity index (χ0v) is 20.0. The molecule has 1 fully saturated rings. The summed E-state index contributed by atoms with van der Waals surface area (Å²) in [6.07, 6.45) is 6.08. The molecule has 0 amide bonds. The van der Waals surface area contributed by atoms with E-state index in [0.717, 1.165) is 25.1 Å². The molecule has 2 atom stereocenters. The highest BCUT2D eigenvalue weighted by atomic mass is 32.2. The second-order valence-corrected chi connectivity index (χ2v) is 11.3. The van der Waals surface area contributed by atoms with Crippen LogP contribution in [-0.4, -0.2) is 30.8 Å². The van der Waals surface area contributed by atoms with E-state index in [1.165, 1.54) is 16.0 Å². The van der Waals surface area contributed by atoms with Gasteiger partial charge >= 0.3 is 5.97 Å². The van der Waals surface area contributed by atoms with Gasteiger partial charge in [0.15, 0.2) is 0 Å². The Hall–Kier alpha value is -2.50. The lowest BCUT2D eigenvalue weighted by Gasteiger charge is -2.25. The Kier molecular flexibility index (Phi) is 7.07. The highest BCUT2D eigenvalue weighted by molar-refractivity contribution is 8.22. The molecule has 4 nitrogen and oxygen atoms in total. The molecule has 32 heavy (non-hydrogen) atoms. The third kappa shape index (κ3) is 6.05. The van der Waals surface area contributed by atoms with Crippen LogP contribution in [0.15, 0.2) is 76.4 Å². The molecule has 0 aliphatic carbocycles. The molecule has 0 aromatic heterocycles. The molecule has 2 heterocycles. The van der Waals surface area contributed by atoms with Crippen molar-refractivity contribution in [3.8, 4) is 5.75 Å². The van der Waals surface area contributed by atoms with Crippen LogP contribution >= 0.6 is 10.9 Å². The number of carbonyl (C=O) groups is 1. The smallest absolute Gasteiger partial charge is 0.324 e. The molecule has 2 aromatic rings. The number of hydrogen-bond donors (Lipinski definition) is 2. The number of allylic oxidation sites excluding steroid dienone is 2. The van der Waals surface area contributed by atoms with Crippen molar-refractivity contribution in [3.63, 3.8) is 0 Å². The first kappa shape index (κ1) is 22.7. The van der Waals surface area contributed by atoms with Crippen LogP contribution in [0.1, 0.15) is 38.3 Å². The standard InChI is InChI=1S/C27H33NO3S/c1-27(2,3)31-26(29)25-22(13-14-28-25)19-30-23-11-9-20(10-12-23)17-21-7-6-8-24(18-21)32-15-4-5-16-32/h4-12,15-16,18,22,25,28,32H,13-14,17,19H2,1-3H3/t22-,25?/m1/s1. The van der Waals surface area contributed by atoms with Gasteiger partial charge in [-0.25, -0.2) is 0 Å². The lowest BCUT2D eigenvalue weighted by molar-refractivity contribution is -0.158. The molecule has 1 unspecified atom stereocenters. The number of nitrogens with one attached hydrogen (secondary N) is 1. The molecule has 2 aromatic carbocycles. The minimum atomic E-state index is -0.479. The summed E-state index contributed by atoms with van der Waals surface area (Å²) < 4.78 is 11.6. The van der Waals surface area contributed by atoms with Gasteiger partial charge < -0.3 is 14.8 Å². The lowest BCUT2D eigenvalue weighted by atomic mass is 10.0. The summed E-state index contributed by atoms with van der Waals surface area (Å²) in [7, 11) is -0.282. The van der Waals surface area contributed by atoms with E-state index in [9.17, 15) is 4.79 Å². The lowest BCUT2D eigenvalue weighted by Crippen LogP contribution is -2.42. The van der Waals surface area contributed by atoms with Crippen molar-refractivity contribution < 1.29 is 14.3 Å². The topological polar surface area (TPSA) is 47.6 Å². The van der Waals surface area contributed by atoms with Crippen molar-refractivity contribution >= 4 is 16.9 Å². The summed E-state index contributed by atoms with van der Waals surface area (Å²) in [6, 6.07) is 16.9. The molecular formula is C27H33NO3S. The first-order valence-corrected chi connectivity index (χ1v) is 12.8. The average molecular weight is 452 g/mol. The average Bonchev–Trinajstić information content (AvgIpc) is 3.44. The van der Waals surface area contributed by atoms with E-state index in [1.807, 2.05) is 32.9 Å². The number of thiol groups is 1. The first-order valence-electron chi connectivity index (χ1n) is 11.3. The first-order chi connectivity index (χ1) is 15.4. The molecule has 4 rings (SSSR count). The summed E-state index contributed by atoms with van der Waals surface area (Å²) in [4.78, 5) is 13.9. The fraction of sp³-hybridized carbons (Fsp3) is 0.370.